The monoisotopic (exact) mass is 284 g/mol. The van der Waals surface area contributed by atoms with Crippen molar-refractivity contribution in [2.45, 2.75) is 32.7 Å². The van der Waals surface area contributed by atoms with E-state index in [0.717, 1.165) is 5.56 Å². The van der Waals surface area contributed by atoms with Crippen molar-refractivity contribution in [3.63, 3.8) is 0 Å². The number of benzene rings is 1. The quantitative estimate of drug-likeness (QED) is 0.777. The number of hydrogen-bond donors (Lipinski definition) is 3. The van der Waals surface area contributed by atoms with E-state index < -0.39 is 18.0 Å². The number of carbonyl (C=O) groups excluding carboxylic acids is 1. The Morgan fingerprint density at radius 3 is 2.63 bits per heavy atom. The molecular weight excluding hydrogens is 268 g/mol. The van der Waals surface area contributed by atoms with E-state index >= 15 is 0 Å². The van der Waals surface area contributed by atoms with Gasteiger partial charge >= 0.3 is 12.0 Å². The van der Waals surface area contributed by atoms with E-state index in [-0.39, 0.29) is 0 Å². The Balaban J connectivity index is 2.63. The molecule has 19 heavy (non-hydrogen) atoms. The highest BCUT2D eigenvalue weighted by atomic mass is 35.5. The number of aliphatic carboxylic acids is 1. The van der Waals surface area contributed by atoms with Crippen LogP contribution >= 0.6 is 11.6 Å². The molecule has 1 rings (SSSR count). The van der Waals surface area contributed by atoms with Crippen LogP contribution in [-0.2, 0) is 4.79 Å². The number of nitrogens with one attached hydrogen (secondary N) is 2. The summed E-state index contributed by atoms with van der Waals surface area (Å²) in [6.07, 6.45) is 1.06. The summed E-state index contributed by atoms with van der Waals surface area (Å²) in [5, 5.41) is 14.4. The van der Waals surface area contributed by atoms with E-state index in [1.807, 2.05) is 13.8 Å². The second kappa shape index (κ2) is 6.99. The van der Waals surface area contributed by atoms with Crippen molar-refractivity contribution in [2.75, 3.05) is 5.32 Å². The highest BCUT2D eigenvalue weighted by Crippen LogP contribution is 2.19. The lowest BCUT2D eigenvalue weighted by molar-refractivity contribution is -0.139. The molecule has 0 aliphatic carbocycles. The summed E-state index contributed by atoms with van der Waals surface area (Å²) >= 11 is 5.94. The third-order valence-electron chi connectivity index (χ3n) is 2.61. The third kappa shape index (κ3) is 4.79. The number of hydrogen-bond acceptors (Lipinski definition) is 2. The Morgan fingerprint density at radius 1 is 1.42 bits per heavy atom. The molecule has 0 aliphatic rings. The number of carbonyl (C=O) groups is 2. The fourth-order valence-corrected chi connectivity index (χ4v) is 1.72. The molecule has 6 heteroatoms. The smallest absolute Gasteiger partial charge is 0.326 e. The number of halogens is 1. The van der Waals surface area contributed by atoms with E-state index in [1.165, 1.54) is 0 Å². The van der Waals surface area contributed by atoms with Gasteiger partial charge in [-0.05, 0) is 31.0 Å². The maximum atomic E-state index is 11.7. The van der Waals surface area contributed by atoms with Gasteiger partial charge in [0.05, 0.1) is 0 Å². The van der Waals surface area contributed by atoms with Gasteiger partial charge in [-0.2, -0.15) is 0 Å². The SMILES string of the molecule is CCCC(NC(=O)Nc1ccc(C)c(Cl)c1)C(=O)O. The van der Waals surface area contributed by atoms with Crippen molar-refractivity contribution >= 4 is 29.3 Å². The number of carboxylic acid groups (broad SMARTS) is 1. The van der Waals surface area contributed by atoms with E-state index in [2.05, 4.69) is 10.6 Å². The first kappa shape index (κ1) is 15.3. The van der Waals surface area contributed by atoms with Crippen molar-refractivity contribution in [2.24, 2.45) is 0 Å². The van der Waals surface area contributed by atoms with Gasteiger partial charge in [0.2, 0.25) is 0 Å². The van der Waals surface area contributed by atoms with Crippen LogP contribution in [0.2, 0.25) is 5.02 Å². The van der Waals surface area contributed by atoms with Crippen LogP contribution in [0.15, 0.2) is 18.2 Å². The highest BCUT2D eigenvalue weighted by Gasteiger charge is 2.18. The van der Waals surface area contributed by atoms with Crippen LogP contribution in [0.4, 0.5) is 10.5 Å². The van der Waals surface area contributed by atoms with Gasteiger partial charge in [0.25, 0.3) is 0 Å². The van der Waals surface area contributed by atoms with Crippen LogP contribution in [0.5, 0.6) is 0 Å². The molecule has 1 atom stereocenters. The largest absolute Gasteiger partial charge is 0.480 e. The van der Waals surface area contributed by atoms with Gasteiger partial charge in [-0.25, -0.2) is 9.59 Å². The van der Waals surface area contributed by atoms with Crippen LogP contribution in [0.3, 0.4) is 0 Å². The van der Waals surface area contributed by atoms with Crippen LogP contribution in [0.1, 0.15) is 25.3 Å². The molecule has 5 nitrogen and oxygen atoms in total. The van der Waals surface area contributed by atoms with Crippen molar-refractivity contribution < 1.29 is 14.7 Å². The second-order valence-electron chi connectivity index (χ2n) is 4.24. The van der Waals surface area contributed by atoms with Gasteiger partial charge in [0, 0.05) is 10.7 Å². The third-order valence-corrected chi connectivity index (χ3v) is 3.02. The van der Waals surface area contributed by atoms with E-state index in [4.69, 9.17) is 16.7 Å². The van der Waals surface area contributed by atoms with E-state index in [1.54, 1.807) is 18.2 Å². The van der Waals surface area contributed by atoms with Gasteiger partial charge < -0.3 is 15.7 Å². The molecule has 2 amide bonds. The topological polar surface area (TPSA) is 78.4 Å². The fraction of sp³-hybridized carbons (Fsp3) is 0.385. The zero-order valence-electron chi connectivity index (χ0n) is 10.9. The van der Waals surface area contributed by atoms with Crippen LogP contribution in [-0.4, -0.2) is 23.1 Å². The number of urea groups is 1. The first-order chi connectivity index (χ1) is 8.93. The molecule has 0 aromatic heterocycles. The summed E-state index contributed by atoms with van der Waals surface area (Å²) in [5.74, 6) is -1.04. The number of amides is 2. The predicted octanol–water partition coefficient (Wildman–Crippen LogP) is 3.02. The maximum absolute atomic E-state index is 11.7. The standard InChI is InChI=1S/C13H17ClN2O3/c1-3-4-11(12(17)18)16-13(19)15-9-6-5-8(2)10(14)7-9/h5-7,11H,3-4H2,1-2H3,(H,17,18)(H2,15,16,19). The minimum atomic E-state index is -1.04. The Labute approximate surface area is 117 Å². The number of aryl methyl sites for hydroxylation is 1. The zero-order valence-corrected chi connectivity index (χ0v) is 11.6. The average Bonchev–Trinajstić information content (AvgIpc) is 2.33. The molecule has 1 aromatic rings. The number of rotatable bonds is 5. The lowest BCUT2D eigenvalue weighted by atomic mass is 10.2. The van der Waals surface area contributed by atoms with Gasteiger partial charge in [0.1, 0.15) is 6.04 Å². The second-order valence-corrected chi connectivity index (χ2v) is 4.65. The fourth-order valence-electron chi connectivity index (χ4n) is 1.54. The lowest BCUT2D eigenvalue weighted by Crippen LogP contribution is -2.42. The summed E-state index contributed by atoms with van der Waals surface area (Å²) in [7, 11) is 0. The molecule has 0 saturated heterocycles. The number of anilines is 1. The minimum Gasteiger partial charge on any atom is -0.480 e. The molecule has 0 saturated carbocycles. The molecule has 104 valence electrons. The molecule has 0 fully saturated rings. The first-order valence-corrected chi connectivity index (χ1v) is 6.38. The Kier molecular flexibility index (Phi) is 5.63. The molecule has 0 bridgehead atoms. The van der Waals surface area contributed by atoms with Gasteiger partial charge in [-0.1, -0.05) is 31.0 Å². The molecule has 1 aromatic carbocycles. The summed E-state index contributed by atoms with van der Waals surface area (Å²) in [5.41, 5.74) is 1.43. The van der Waals surface area contributed by atoms with Crippen LogP contribution in [0.25, 0.3) is 0 Å². The Hall–Kier alpha value is -1.75. The molecular formula is C13H17ClN2O3. The molecule has 3 N–H and O–H groups in total. The van der Waals surface area contributed by atoms with E-state index in [0.29, 0.717) is 23.6 Å². The summed E-state index contributed by atoms with van der Waals surface area (Å²) in [6, 6.07) is 3.66. The van der Waals surface area contributed by atoms with Crippen molar-refractivity contribution in [1.82, 2.24) is 5.32 Å². The summed E-state index contributed by atoms with van der Waals surface area (Å²) in [4.78, 5) is 22.6. The molecule has 0 spiro atoms. The lowest BCUT2D eigenvalue weighted by Gasteiger charge is -2.14. The molecule has 1 unspecified atom stereocenters. The highest BCUT2D eigenvalue weighted by molar-refractivity contribution is 6.31. The average molecular weight is 285 g/mol. The maximum Gasteiger partial charge on any atom is 0.326 e. The predicted molar refractivity (Wildman–Crippen MR) is 74.7 cm³/mol. The van der Waals surface area contributed by atoms with Gasteiger partial charge in [0.15, 0.2) is 0 Å². The van der Waals surface area contributed by atoms with Crippen molar-refractivity contribution in [1.29, 1.82) is 0 Å². The summed E-state index contributed by atoms with van der Waals surface area (Å²) < 4.78 is 0. The minimum absolute atomic E-state index is 0.386. The van der Waals surface area contributed by atoms with E-state index in [9.17, 15) is 9.59 Å². The zero-order chi connectivity index (χ0) is 14.4. The van der Waals surface area contributed by atoms with Gasteiger partial charge in [-0.3, -0.25) is 0 Å². The van der Waals surface area contributed by atoms with Crippen LogP contribution in [0, 0.1) is 6.92 Å². The van der Waals surface area contributed by atoms with Crippen molar-refractivity contribution in [3.8, 4) is 0 Å². The van der Waals surface area contributed by atoms with Gasteiger partial charge in [-0.15, -0.1) is 0 Å². The Bertz CT molecular complexity index is 477. The normalized spacial score (nSPS) is 11.7. The summed E-state index contributed by atoms with van der Waals surface area (Å²) in [6.45, 7) is 3.71. The van der Waals surface area contributed by atoms with Crippen LogP contribution < -0.4 is 10.6 Å². The molecule has 0 radical (unpaired) electrons. The molecule has 0 heterocycles. The van der Waals surface area contributed by atoms with Crippen molar-refractivity contribution in [3.05, 3.63) is 28.8 Å². The Morgan fingerprint density at radius 2 is 2.11 bits per heavy atom. The first-order valence-electron chi connectivity index (χ1n) is 6.00. The number of carboxylic acids is 1. The molecule has 0 aliphatic heterocycles.